The fraction of sp³-hybridized carbons (Fsp3) is 0.250. The van der Waals surface area contributed by atoms with Crippen LogP contribution in [-0.2, 0) is 12.0 Å². The largest absolute Gasteiger partial charge is 0.394 e. The average molecular weight is 386 g/mol. The summed E-state index contributed by atoms with van der Waals surface area (Å²) in [6.07, 6.45) is 3.72. The van der Waals surface area contributed by atoms with E-state index in [1.807, 2.05) is 49.5 Å². The highest BCUT2D eigenvalue weighted by molar-refractivity contribution is 7.39. The van der Waals surface area contributed by atoms with Gasteiger partial charge in [0.1, 0.15) is 5.15 Å². The Morgan fingerprint density at radius 2 is 1.81 bits per heavy atom. The number of hydrogen-bond donors (Lipinski definition) is 1. The lowest BCUT2D eigenvalue weighted by molar-refractivity contribution is 0.269. The second-order valence-corrected chi connectivity index (χ2v) is 9.23. The molecule has 3 atom stereocenters. The van der Waals surface area contributed by atoms with Crippen molar-refractivity contribution in [3.63, 3.8) is 0 Å². The van der Waals surface area contributed by atoms with Gasteiger partial charge in [-0.25, -0.2) is 4.39 Å². The van der Waals surface area contributed by atoms with Crippen LogP contribution in [-0.4, -0.2) is 26.6 Å². The lowest BCUT2D eigenvalue weighted by Crippen LogP contribution is -2.36. The predicted molar refractivity (Wildman–Crippen MR) is 110 cm³/mol. The lowest BCUT2D eigenvalue weighted by Gasteiger charge is -2.36. The summed E-state index contributed by atoms with van der Waals surface area (Å²) in [7, 11) is 4.70. The van der Waals surface area contributed by atoms with E-state index < -0.39 is 10.6 Å². The molecule has 1 aliphatic carbocycles. The first-order chi connectivity index (χ1) is 12.4. The van der Waals surface area contributed by atoms with Crippen LogP contribution in [0.1, 0.15) is 18.1 Å². The van der Waals surface area contributed by atoms with Crippen molar-refractivity contribution in [2.45, 2.75) is 24.0 Å². The van der Waals surface area contributed by atoms with Crippen LogP contribution >= 0.6 is 18.5 Å². The second kappa shape index (κ2) is 6.23. The van der Waals surface area contributed by atoms with Crippen molar-refractivity contribution < 1.29 is 9.50 Å². The average Bonchev–Trinajstić information content (AvgIpc) is 3.18. The van der Waals surface area contributed by atoms with Crippen molar-refractivity contribution in [2.24, 2.45) is 0 Å². The Morgan fingerprint density at radius 1 is 1.12 bits per heavy atom. The summed E-state index contributed by atoms with van der Waals surface area (Å²) in [5.74, 6) is 0. The molecule has 0 radical (unpaired) electrons. The molecule has 0 aliphatic heterocycles. The quantitative estimate of drug-likeness (QED) is 0.683. The summed E-state index contributed by atoms with van der Waals surface area (Å²) in [5.41, 5.74) is 5.28. The number of rotatable bonds is 4. The summed E-state index contributed by atoms with van der Waals surface area (Å²) >= 11 is 0. The topological polar surface area (TPSA) is 38.0 Å². The van der Waals surface area contributed by atoms with Crippen LogP contribution in [0.4, 0.5) is 4.39 Å². The summed E-state index contributed by atoms with van der Waals surface area (Å²) in [6, 6.07) is 14.1. The van der Waals surface area contributed by atoms with Gasteiger partial charge in [0, 0.05) is 11.8 Å². The Hall–Kier alpha value is -1.60. The summed E-state index contributed by atoms with van der Waals surface area (Å²) in [4.78, 5) is 0. The Labute approximate surface area is 157 Å². The first kappa shape index (κ1) is 17.8. The fourth-order valence-corrected chi connectivity index (χ4v) is 4.54. The normalized spacial score (nSPS) is 18.7. The lowest BCUT2D eigenvalue weighted by atomic mass is 9.80. The Morgan fingerprint density at radius 3 is 2.54 bits per heavy atom. The van der Waals surface area contributed by atoms with Gasteiger partial charge >= 0.3 is 0 Å². The standard InChI is InChI=1S/C20H21FN2OP2/c1-19(20(21,25)26)16-7-3-2-5-15(16)18-14(6-4-8-17(18)19)13-11-22-23(12-13)9-10-24/h2-8,11-12,24H,9-10,25-26H2,1H3. The summed E-state index contributed by atoms with van der Waals surface area (Å²) in [5, 5.41) is 11.9. The highest BCUT2D eigenvalue weighted by atomic mass is 31.1. The summed E-state index contributed by atoms with van der Waals surface area (Å²) < 4.78 is 17.1. The van der Waals surface area contributed by atoms with Crippen LogP contribution in [0.15, 0.2) is 54.9 Å². The van der Waals surface area contributed by atoms with Gasteiger partial charge in [-0.1, -0.05) is 60.9 Å². The minimum Gasteiger partial charge on any atom is -0.394 e. The molecule has 2 aromatic carbocycles. The fourth-order valence-electron chi connectivity index (χ4n) is 3.92. The van der Waals surface area contributed by atoms with Crippen molar-refractivity contribution in [2.75, 3.05) is 6.61 Å². The molecule has 0 saturated heterocycles. The van der Waals surface area contributed by atoms with E-state index in [2.05, 4.69) is 29.6 Å². The van der Waals surface area contributed by atoms with Crippen molar-refractivity contribution in [1.82, 2.24) is 9.78 Å². The Bertz CT molecular complexity index is 980. The molecule has 3 nitrogen and oxygen atoms in total. The zero-order chi connectivity index (χ0) is 18.5. The van der Waals surface area contributed by atoms with Crippen LogP contribution < -0.4 is 0 Å². The van der Waals surface area contributed by atoms with Gasteiger partial charge in [0.15, 0.2) is 0 Å². The van der Waals surface area contributed by atoms with Gasteiger partial charge in [-0.3, -0.25) is 4.68 Å². The zero-order valence-corrected chi connectivity index (χ0v) is 16.8. The maximum Gasteiger partial charge on any atom is 0.149 e. The third kappa shape index (κ3) is 2.47. The number of hydrogen-bond acceptors (Lipinski definition) is 2. The van der Waals surface area contributed by atoms with E-state index in [0.717, 1.165) is 33.4 Å². The second-order valence-electron chi connectivity index (χ2n) is 6.88. The number of fused-ring (bicyclic) bond motifs is 3. The number of aromatic nitrogens is 2. The van der Waals surface area contributed by atoms with Gasteiger partial charge in [0.25, 0.3) is 0 Å². The van der Waals surface area contributed by atoms with Gasteiger partial charge < -0.3 is 5.11 Å². The highest BCUT2D eigenvalue weighted by Crippen LogP contribution is 2.61. The molecule has 1 aromatic heterocycles. The first-order valence-electron chi connectivity index (χ1n) is 8.51. The molecule has 26 heavy (non-hydrogen) atoms. The molecule has 3 aromatic rings. The van der Waals surface area contributed by atoms with E-state index >= 15 is 4.39 Å². The van der Waals surface area contributed by atoms with Crippen molar-refractivity contribution >= 4 is 18.5 Å². The Kier molecular flexibility index (Phi) is 4.27. The van der Waals surface area contributed by atoms with Gasteiger partial charge in [0.05, 0.1) is 24.8 Å². The van der Waals surface area contributed by atoms with Crippen LogP contribution in [0.5, 0.6) is 0 Å². The first-order valence-corrected chi connectivity index (χ1v) is 9.67. The highest BCUT2D eigenvalue weighted by Gasteiger charge is 2.51. The summed E-state index contributed by atoms with van der Waals surface area (Å²) in [6.45, 7) is 2.45. The van der Waals surface area contributed by atoms with E-state index in [0.29, 0.717) is 6.54 Å². The van der Waals surface area contributed by atoms with E-state index in [-0.39, 0.29) is 6.61 Å². The molecule has 1 N–H and O–H groups in total. The molecule has 0 fully saturated rings. The number of aliphatic hydroxyl groups excluding tert-OH is 1. The maximum absolute atomic E-state index is 15.4. The molecular formula is C20H21FN2OP2. The predicted octanol–water partition coefficient (Wildman–Crippen LogP) is 4.20. The van der Waals surface area contributed by atoms with Crippen LogP contribution in [0.2, 0.25) is 0 Å². The van der Waals surface area contributed by atoms with Crippen molar-refractivity contribution in [3.8, 4) is 22.3 Å². The number of aliphatic hydroxyl groups is 1. The maximum atomic E-state index is 15.4. The number of benzene rings is 2. The Balaban J connectivity index is 1.99. The third-order valence-electron chi connectivity index (χ3n) is 5.38. The van der Waals surface area contributed by atoms with Crippen molar-refractivity contribution in [1.29, 1.82) is 0 Å². The van der Waals surface area contributed by atoms with Gasteiger partial charge in [-0.05, 0) is 34.7 Å². The number of halogens is 1. The van der Waals surface area contributed by atoms with Crippen LogP contribution in [0, 0.1) is 0 Å². The van der Waals surface area contributed by atoms with Crippen LogP contribution in [0.3, 0.4) is 0 Å². The molecule has 0 bridgehead atoms. The smallest absolute Gasteiger partial charge is 0.149 e. The van der Waals surface area contributed by atoms with E-state index in [4.69, 9.17) is 5.11 Å². The monoisotopic (exact) mass is 386 g/mol. The minimum atomic E-state index is -1.58. The molecule has 3 unspecified atom stereocenters. The third-order valence-corrected chi connectivity index (χ3v) is 6.53. The minimum absolute atomic E-state index is 0.0411. The molecule has 134 valence electrons. The van der Waals surface area contributed by atoms with E-state index in [1.54, 1.807) is 10.9 Å². The molecule has 4 rings (SSSR count). The molecule has 6 heteroatoms. The van der Waals surface area contributed by atoms with Gasteiger partial charge in [-0.15, -0.1) is 0 Å². The molecule has 0 spiro atoms. The van der Waals surface area contributed by atoms with Gasteiger partial charge in [0.2, 0.25) is 0 Å². The molecule has 0 amide bonds. The van der Waals surface area contributed by atoms with E-state index in [1.165, 1.54) is 0 Å². The van der Waals surface area contributed by atoms with Crippen LogP contribution in [0.25, 0.3) is 22.3 Å². The molecule has 1 aliphatic rings. The molecule has 1 heterocycles. The molecule has 0 saturated carbocycles. The van der Waals surface area contributed by atoms with Gasteiger partial charge in [-0.2, -0.15) is 5.10 Å². The zero-order valence-electron chi connectivity index (χ0n) is 14.5. The van der Waals surface area contributed by atoms with Crippen molar-refractivity contribution in [3.05, 3.63) is 66.0 Å². The molecular weight excluding hydrogens is 365 g/mol. The SMILES string of the molecule is CC1(C(F)(P)P)c2ccccc2-c2c(-c3cnn(CCO)c3)cccc21. The number of nitrogens with zero attached hydrogens (tertiary/aromatic N) is 2. The number of alkyl halides is 1. The van der Waals surface area contributed by atoms with E-state index in [9.17, 15) is 0 Å².